The van der Waals surface area contributed by atoms with E-state index in [0.717, 1.165) is 11.3 Å². The van der Waals surface area contributed by atoms with E-state index in [1.807, 2.05) is 0 Å². The molecule has 0 atom stereocenters. The lowest BCUT2D eigenvalue weighted by Gasteiger charge is -2.34. The lowest BCUT2D eigenvalue weighted by Crippen LogP contribution is -2.48. The molecule has 1 saturated heterocycles. The van der Waals surface area contributed by atoms with Gasteiger partial charge >= 0.3 is 5.97 Å². The number of benzene rings is 1. The van der Waals surface area contributed by atoms with Gasteiger partial charge in [0.15, 0.2) is 0 Å². The van der Waals surface area contributed by atoms with E-state index in [1.54, 1.807) is 29.2 Å². The standard InChI is InChI=1S/C18H18ClFN2O3S/c1-25-18(24)16-6-5-15(26-16)17(23)22-9-7-21(8-10-22)11-12-13(19)3-2-4-14(12)20/h2-6H,7-11H2,1H3. The number of hydrogen-bond acceptors (Lipinski definition) is 5. The Morgan fingerprint density at radius 2 is 1.85 bits per heavy atom. The van der Waals surface area contributed by atoms with Gasteiger partial charge in [-0.05, 0) is 24.3 Å². The van der Waals surface area contributed by atoms with Crippen LogP contribution in [-0.2, 0) is 11.3 Å². The van der Waals surface area contributed by atoms with E-state index in [0.29, 0.717) is 53.1 Å². The molecule has 0 aliphatic carbocycles. The van der Waals surface area contributed by atoms with Gasteiger partial charge in [0.05, 0.1) is 12.0 Å². The average molecular weight is 397 g/mol. The Kier molecular flexibility index (Phi) is 5.90. The largest absolute Gasteiger partial charge is 0.465 e. The van der Waals surface area contributed by atoms with Gasteiger partial charge in [-0.1, -0.05) is 17.7 Å². The minimum Gasteiger partial charge on any atom is -0.465 e. The molecule has 0 unspecified atom stereocenters. The number of hydrogen-bond donors (Lipinski definition) is 0. The predicted molar refractivity (Wildman–Crippen MR) is 98.2 cm³/mol. The van der Waals surface area contributed by atoms with Crippen LogP contribution < -0.4 is 0 Å². The van der Waals surface area contributed by atoms with E-state index in [2.05, 4.69) is 9.64 Å². The van der Waals surface area contributed by atoms with Gasteiger partial charge in [0, 0.05) is 43.3 Å². The summed E-state index contributed by atoms with van der Waals surface area (Å²) in [6.07, 6.45) is 0. The maximum absolute atomic E-state index is 13.9. The molecular formula is C18H18ClFN2O3S. The third kappa shape index (κ3) is 4.06. The van der Waals surface area contributed by atoms with Crippen LogP contribution in [0, 0.1) is 5.82 Å². The molecule has 1 aliphatic rings. The van der Waals surface area contributed by atoms with Crippen molar-refractivity contribution in [1.29, 1.82) is 0 Å². The van der Waals surface area contributed by atoms with Crippen molar-refractivity contribution in [3.05, 3.63) is 56.5 Å². The lowest BCUT2D eigenvalue weighted by atomic mass is 10.2. The Morgan fingerprint density at radius 3 is 2.50 bits per heavy atom. The molecule has 2 heterocycles. The SMILES string of the molecule is COC(=O)c1ccc(C(=O)N2CCN(Cc3c(F)cccc3Cl)CC2)s1. The van der Waals surface area contributed by atoms with Gasteiger partial charge in [-0.2, -0.15) is 0 Å². The first-order chi connectivity index (χ1) is 12.5. The maximum Gasteiger partial charge on any atom is 0.348 e. The molecule has 1 amide bonds. The van der Waals surface area contributed by atoms with Crippen molar-refractivity contribution in [2.75, 3.05) is 33.3 Å². The summed E-state index contributed by atoms with van der Waals surface area (Å²) in [6, 6.07) is 7.90. The summed E-state index contributed by atoms with van der Waals surface area (Å²) in [5.41, 5.74) is 0.481. The van der Waals surface area contributed by atoms with Gasteiger partial charge in [0.25, 0.3) is 5.91 Å². The van der Waals surface area contributed by atoms with Crippen molar-refractivity contribution < 1.29 is 18.7 Å². The molecule has 0 spiro atoms. The molecule has 1 fully saturated rings. The number of piperazine rings is 1. The van der Waals surface area contributed by atoms with Crippen LogP contribution in [0.4, 0.5) is 4.39 Å². The summed E-state index contributed by atoms with van der Waals surface area (Å²) in [4.78, 5) is 28.8. The number of amides is 1. The average Bonchev–Trinajstić information content (AvgIpc) is 3.14. The summed E-state index contributed by atoms with van der Waals surface area (Å²) in [5, 5.41) is 0.414. The van der Waals surface area contributed by atoms with Crippen LogP contribution in [0.25, 0.3) is 0 Å². The van der Waals surface area contributed by atoms with E-state index < -0.39 is 5.97 Å². The predicted octanol–water partition coefficient (Wildman–Crippen LogP) is 3.29. The van der Waals surface area contributed by atoms with Crippen LogP contribution in [-0.4, -0.2) is 55.0 Å². The Balaban J connectivity index is 1.59. The van der Waals surface area contributed by atoms with Crippen molar-refractivity contribution in [2.45, 2.75) is 6.54 Å². The van der Waals surface area contributed by atoms with E-state index in [9.17, 15) is 14.0 Å². The zero-order chi connectivity index (χ0) is 18.7. The number of methoxy groups -OCH3 is 1. The highest BCUT2D eigenvalue weighted by atomic mass is 35.5. The van der Waals surface area contributed by atoms with Gasteiger partial charge in [-0.25, -0.2) is 9.18 Å². The summed E-state index contributed by atoms with van der Waals surface area (Å²) in [6.45, 7) is 2.75. The summed E-state index contributed by atoms with van der Waals surface area (Å²) in [5.74, 6) is -0.862. The molecule has 5 nitrogen and oxygen atoms in total. The van der Waals surface area contributed by atoms with Gasteiger partial charge in [0.1, 0.15) is 10.7 Å². The minimum absolute atomic E-state index is 0.103. The summed E-state index contributed by atoms with van der Waals surface area (Å²) >= 11 is 7.21. The molecule has 0 radical (unpaired) electrons. The zero-order valence-corrected chi connectivity index (χ0v) is 15.8. The number of carbonyl (C=O) groups is 2. The molecule has 0 bridgehead atoms. The van der Waals surface area contributed by atoms with Crippen LogP contribution >= 0.6 is 22.9 Å². The smallest absolute Gasteiger partial charge is 0.348 e. The minimum atomic E-state index is -0.444. The van der Waals surface area contributed by atoms with Gasteiger partial charge in [0.2, 0.25) is 0 Å². The van der Waals surface area contributed by atoms with E-state index in [4.69, 9.17) is 11.6 Å². The highest BCUT2D eigenvalue weighted by molar-refractivity contribution is 7.15. The molecule has 1 aromatic carbocycles. The summed E-state index contributed by atoms with van der Waals surface area (Å²) in [7, 11) is 1.31. The van der Waals surface area contributed by atoms with Crippen molar-refractivity contribution in [3.63, 3.8) is 0 Å². The van der Waals surface area contributed by atoms with Gasteiger partial charge < -0.3 is 9.64 Å². The van der Waals surface area contributed by atoms with Crippen molar-refractivity contribution in [3.8, 4) is 0 Å². The van der Waals surface area contributed by atoms with Gasteiger partial charge in [-0.3, -0.25) is 9.69 Å². The number of carbonyl (C=O) groups excluding carboxylic acids is 2. The fraction of sp³-hybridized carbons (Fsp3) is 0.333. The third-order valence-electron chi connectivity index (χ3n) is 4.31. The fourth-order valence-electron chi connectivity index (χ4n) is 2.84. The molecule has 2 aromatic rings. The Hall–Kier alpha value is -1.96. The highest BCUT2D eigenvalue weighted by Gasteiger charge is 2.25. The monoisotopic (exact) mass is 396 g/mol. The second kappa shape index (κ2) is 8.16. The molecule has 3 rings (SSSR count). The fourth-order valence-corrected chi connectivity index (χ4v) is 3.95. The van der Waals surface area contributed by atoms with Crippen LogP contribution in [0.1, 0.15) is 24.9 Å². The molecule has 8 heteroatoms. The number of rotatable bonds is 4. The zero-order valence-electron chi connectivity index (χ0n) is 14.2. The van der Waals surface area contributed by atoms with Gasteiger partial charge in [-0.15, -0.1) is 11.3 Å². The van der Waals surface area contributed by atoms with Crippen molar-refractivity contribution in [1.82, 2.24) is 9.80 Å². The first-order valence-corrected chi connectivity index (χ1v) is 9.31. The summed E-state index contributed by atoms with van der Waals surface area (Å²) < 4.78 is 18.6. The molecule has 26 heavy (non-hydrogen) atoms. The molecule has 1 aliphatic heterocycles. The Bertz CT molecular complexity index is 798. The number of thiophene rings is 1. The molecule has 138 valence electrons. The number of halogens is 2. The number of nitrogens with zero attached hydrogens (tertiary/aromatic N) is 2. The van der Waals surface area contributed by atoms with Crippen LogP contribution in [0.15, 0.2) is 30.3 Å². The van der Waals surface area contributed by atoms with E-state index in [1.165, 1.54) is 13.2 Å². The van der Waals surface area contributed by atoms with Crippen molar-refractivity contribution >= 4 is 34.8 Å². The molecule has 1 aromatic heterocycles. The van der Waals surface area contributed by atoms with Crippen LogP contribution in [0.2, 0.25) is 5.02 Å². The van der Waals surface area contributed by atoms with Crippen molar-refractivity contribution in [2.24, 2.45) is 0 Å². The normalized spacial score (nSPS) is 15.1. The Morgan fingerprint density at radius 1 is 1.15 bits per heavy atom. The highest BCUT2D eigenvalue weighted by Crippen LogP contribution is 2.23. The first kappa shape index (κ1) is 18.8. The topological polar surface area (TPSA) is 49.9 Å². The Labute approximate surface area is 159 Å². The maximum atomic E-state index is 13.9. The van der Waals surface area contributed by atoms with E-state index in [-0.39, 0.29) is 11.7 Å². The second-order valence-corrected chi connectivity index (χ2v) is 7.42. The molecule has 0 saturated carbocycles. The second-order valence-electron chi connectivity index (χ2n) is 5.92. The number of esters is 1. The quantitative estimate of drug-likeness (QED) is 0.744. The number of ether oxygens (including phenoxy) is 1. The van der Waals surface area contributed by atoms with Crippen LogP contribution in [0.5, 0.6) is 0 Å². The van der Waals surface area contributed by atoms with E-state index >= 15 is 0 Å². The molecular weight excluding hydrogens is 379 g/mol. The molecule has 0 N–H and O–H groups in total. The van der Waals surface area contributed by atoms with Crippen LogP contribution in [0.3, 0.4) is 0 Å². The third-order valence-corrected chi connectivity index (χ3v) is 5.71. The lowest BCUT2D eigenvalue weighted by molar-refractivity contribution is 0.0605. The first-order valence-electron chi connectivity index (χ1n) is 8.12.